The smallest absolute Gasteiger partial charge is 0.287 e. The van der Waals surface area contributed by atoms with Crippen LogP contribution >= 0.6 is 0 Å². The molecule has 0 fully saturated rings. The van der Waals surface area contributed by atoms with Crippen molar-refractivity contribution < 1.29 is 19.1 Å². The number of nitrogens with zero attached hydrogens (tertiary/aromatic N) is 2. The first-order valence-corrected chi connectivity index (χ1v) is 8.41. The standard InChI is InChI=1S/C19H18N4O4/c20-17(25)16(24)14-8-2-1-5-11-27-15-9-10-21-18(23-15)12-6-3-4-7-13(12)19(26)22-14/h1-4,6-7,9-10,14H,5,8,11H2,(H2,20,25)(H,22,26)/b2-1+. The molecule has 1 aromatic carbocycles. The van der Waals surface area contributed by atoms with Crippen LogP contribution < -0.4 is 15.8 Å². The molecule has 2 bridgehead atoms. The van der Waals surface area contributed by atoms with Crippen molar-refractivity contribution in [2.45, 2.75) is 18.9 Å². The highest BCUT2D eigenvalue weighted by atomic mass is 16.5. The van der Waals surface area contributed by atoms with Crippen LogP contribution in [0.4, 0.5) is 0 Å². The fourth-order valence-corrected chi connectivity index (χ4v) is 2.65. The van der Waals surface area contributed by atoms with Crippen LogP contribution in [0.2, 0.25) is 0 Å². The summed E-state index contributed by atoms with van der Waals surface area (Å²) < 4.78 is 5.60. The Morgan fingerprint density at radius 2 is 1.93 bits per heavy atom. The van der Waals surface area contributed by atoms with E-state index in [1.807, 2.05) is 0 Å². The Hall–Kier alpha value is -3.55. The molecule has 0 aliphatic carbocycles. The second-order valence-electron chi connectivity index (χ2n) is 5.86. The predicted molar refractivity (Wildman–Crippen MR) is 96.8 cm³/mol. The van der Waals surface area contributed by atoms with E-state index in [9.17, 15) is 14.4 Å². The van der Waals surface area contributed by atoms with Gasteiger partial charge in [-0.05, 0) is 18.9 Å². The molecular formula is C19H18N4O4. The number of ether oxygens (including phenoxy) is 1. The maximum absolute atomic E-state index is 12.8. The van der Waals surface area contributed by atoms with Gasteiger partial charge in [-0.2, -0.15) is 4.98 Å². The third-order valence-corrected chi connectivity index (χ3v) is 3.98. The summed E-state index contributed by atoms with van der Waals surface area (Å²) in [6.45, 7) is 0.384. The van der Waals surface area contributed by atoms with E-state index in [2.05, 4.69) is 15.3 Å². The Balaban J connectivity index is 2.03. The molecule has 2 heterocycles. The van der Waals surface area contributed by atoms with Crippen LogP contribution in [0.3, 0.4) is 0 Å². The minimum Gasteiger partial charge on any atom is -0.477 e. The van der Waals surface area contributed by atoms with Crippen LogP contribution in [-0.4, -0.2) is 40.2 Å². The molecule has 138 valence electrons. The van der Waals surface area contributed by atoms with E-state index >= 15 is 0 Å². The maximum Gasteiger partial charge on any atom is 0.287 e. The number of nitrogens with one attached hydrogen (secondary N) is 1. The summed E-state index contributed by atoms with van der Waals surface area (Å²) in [5.41, 5.74) is 5.87. The molecule has 2 aromatic rings. The molecule has 2 amide bonds. The van der Waals surface area contributed by atoms with Crippen LogP contribution in [0, 0.1) is 0 Å². The second-order valence-corrected chi connectivity index (χ2v) is 5.86. The number of carbonyl (C=O) groups excluding carboxylic acids is 3. The van der Waals surface area contributed by atoms with E-state index in [1.54, 1.807) is 48.7 Å². The molecule has 3 N–H and O–H groups in total. The lowest BCUT2D eigenvalue weighted by Gasteiger charge is -2.16. The Bertz CT molecular complexity index is 910. The van der Waals surface area contributed by atoms with Crippen molar-refractivity contribution in [1.82, 2.24) is 15.3 Å². The summed E-state index contributed by atoms with van der Waals surface area (Å²) in [5, 5.41) is 2.59. The van der Waals surface area contributed by atoms with E-state index < -0.39 is 23.6 Å². The van der Waals surface area contributed by atoms with Crippen molar-refractivity contribution in [2.24, 2.45) is 5.73 Å². The van der Waals surface area contributed by atoms with Gasteiger partial charge < -0.3 is 15.8 Å². The van der Waals surface area contributed by atoms with Crippen molar-refractivity contribution in [3.8, 4) is 17.3 Å². The van der Waals surface area contributed by atoms with Crippen molar-refractivity contribution in [3.05, 3.63) is 54.2 Å². The molecule has 27 heavy (non-hydrogen) atoms. The number of ketones is 1. The van der Waals surface area contributed by atoms with Crippen molar-refractivity contribution >= 4 is 17.6 Å². The van der Waals surface area contributed by atoms with Gasteiger partial charge in [0, 0.05) is 17.8 Å². The van der Waals surface area contributed by atoms with Crippen LogP contribution in [0.25, 0.3) is 11.4 Å². The molecule has 0 saturated heterocycles. The third kappa shape index (κ3) is 4.35. The monoisotopic (exact) mass is 366 g/mol. The molecule has 1 aliphatic heterocycles. The van der Waals surface area contributed by atoms with Gasteiger partial charge in [0.25, 0.3) is 11.8 Å². The minimum atomic E-state index is -1.09. The number of amides is 2. The van der Waals surface area contributed by atoms with Gasteiger partial charge in [-0.15, -0.1) is 0 Å². The number of nitrogens with two attached hydrogens (primary N) is 1. The van der Waals surface area contributed by atoms with Gasteiger partial charge >= 0.3 is 0 Å². The molecule has 8 heteroatoms. The summed E-state index contributed by atoms with van der Waals surface area (Å²) in [6.07, 6.45) is 5.78. The number of aromatic nitrogens is 2. The molecule has 1 atom stereocenters. The highest BCUT2D eigenvalue weighted by Crippen LogP contribution is 2.22. The van der Waals surface area contributed by atoms with E-state index in [1.165, 1.54) is 0 Å². The highest BCUT2D eigenvalue weighted by molar-refractivity contribution is 6.38. The van der Waals surface area contributed by atoms with Gasteiger partial charge in [-0.25, -0.2) is 4.98 Å². The first-order chi connectivity index (χ1) is 13.1. The number of hydrogen-bond acceptors (Lipinski definition) is 6. The first-order valence-electron chi connectivity index (χ1n) is 8.41. The highest BCUT2D eigenvalue weighted by Gasteiger charge is 2.25. The summed E-state index contributed by atoms with van der Waals surface area (Å²) in [5.74, 6) is -1.74. The number of hydrogen-bond donors (Lipinski definition) is 2. The number of primary amides is 1. The zero-order valence-electron chi connectivity index (χ0n) is 14.4. The summed E-state index contributed by atoms with van der Waals surface area (Å²) in [6, 6.07) is 7.33. The fraction of sp³-hybridized carbons (Fsp3) is 0.211. The van der Waals surface area contributed by atoms with Crippen LogP contribution in [-0.2, 0) is 9.59 Å². The van der Waals surface area contributed by atoms with Gasteiger partial charge in [0.05, 0.1) is 12.2 Å². The average molecular weight is 366 g/mol. The number of rotatable bonds is 2. The van der Waals surface area contributed by atoms with Gasteiger partial charge in [0.2, 0.25) is 11.7 Å². The average Bonchev–Trinajstić information content (AvgIpc) is 2.68. The number of benzene rings is 1. The molecule has 0 radical (unpaired) electrons. The first kappa shape index (κ1) is 18.2. The minimum absolute atomic E-state index is 0.150. The molecule has 8 nitrogen and oxygen atoms in total. The lowest BCUT2D eigenvalue weighted by atomic mass is 10.0. The zero-order chi connectivity index (χ0) is 19.2. The van der Waals surface area contributed by atoms with E-state index in [0.717, 1.165) is 0 Å². The maximum atomic E-state index is 12.8. The van der Waals surface area contributed by atoms with Crippen LogP contribution in [0.1, 0.15) is 23.2 Å². The Morgan fingerprint density at radius 3 is 2.70 bits per heavy atom. The predicted octanol–water partition coefficient (Wildman–Crippen LogP) is 1.03. The van der Waals surface area contributed by atoms with Crippen LogP contribution in [0.5, 0.6) is 5.88 Å². The Labute approximate surface area is 155 Å². The fourth-order valence-electron chi connectivity index (χ4n) is 2.65. The number of fused-ring (bicyclic) bond motifs is 4. The largest absolute Gasteiger partial charge is 0.477 e. The molecule has 1 unspecified atom stereocenters. The molecule has 1 aromatic heterocycles. The SMILES string of the molecule is NC(=O)C(=O)C1C/C=C/CCOc2ccnc(n2)-c2ccccc2C(=O)N1. The van der Waals surface area contributed by atoms with E-state index in [-0.39, 0.29) is 12.0 Å². The lowest BCUT2D eigenvalue weighted by Crippen LogP contribution is -2.45. The second kappa shape index (κ2) is 8.22. The van der Waals surface area contributed by atoms with Crippen molar-refractivity contribution in [3.63, 3.8) is 0 Å². The Kier molecular flexibility index (Phi) is 5.55. The summed E-state index contributed by atoms with van der Waals surface area (Å²) >= 11 is 0. The summed E-state index contributed by atoms with van der Waals surface area (Å²) in [4.78, 5) is 44.7. The number of carbonyl (C=O) groups is 3. The molecule has 0 spiro atoms. The molecule has 1 aliphatic rings. The Morgan fingerprint density at radius 1 is 1.15 bits per heavy atom. The normalized spacial score (nSPS) is 18.2. The van der Waals surface area contributed by atoms with Crippen molar-refractivity contribution in [1.29, 1.82) is 0 Å². The third-order valence-electron chi connectivity index (χ3n) is 3.98. The van der Waals surface area contributed by atoms with Crippen LogP contribution in [0.15, 0.2) is 48.7 Å². The van der Waals surface area contributed by atoms with Crippen molar-refractivity contribution in [2.75, 3.05) is 6.61 Å². The molecule has 0 saturated carbocycles. The summed E-state index contributed by atoms with van der Waals surface area (Å²) in [7, 11) is 0. The topological polar surface area (TPSA) is 124 Å². The van der Waals surface area contributed by atoms with Gasteiger partial charge in [-0.1, -0.05) is 30.4 Å². The van der Waals surface area contributed by atoms with Gasteiger partial charge in [0.15, 0.2) is 5.82 Å². The lowest BCUT2D eigenvalue weighted by molar-refractivity contribution is -0.137. The quantitative estimate of drug-likeness (QED) is 0.604. The van der Waals surface area contributed by atoms with Gasteiger partial charge in [0.1, 0.15) is 6.04 Å². The van der Waals surface area contributed by atoms with E-state index in [4.69, 9.17) is 10.5 Å². The number of Topliss-reactive ketones (excluding diaryl/α,β-unsaturated/α-hetero) is 1. The molecular weight excluding hydrogens is 348 g/mol. The van der Waals surface area contributed by atoms with E-state index in [0.29, 0.717) is 30.3 Å². The van der Waals surface area contributed by atoms with Gasteiger partial charge in [-0.3, -0.25) is 14.4 Å². The zero-order valence-corrected chi connectivity index (χ0v) is 14.4. The molecule has 3 rings (SSSR count).